The fourth-order valence-corrected chi connectivity index (χ4v) is 7.14. The van der Waals surface area contributed by atoms with E-state index >= 15 is 0 Å². The molecule has 0 aliphatic carbocycles. The molecule has 54 heavy (non-hydrogen) atoms. The van der Waals surface area contributed by atoms with E-state index in [1.54, 1.807) is 94.1 Å². The summed E-state index contributed by atoms with van der Waals surface area (Å²) >= 11 is 0. The summed E-state index contributed by atoms with van der Waals surface area (Å²) in [7, 11) is 0. The second-order valence-corrected chi connectivity index (χ2v) is 12.4. The van der Waals surface area contributed by atoms with Gasteiger partial charge in [-0.25, -0.2) is 0 Å². The number of rotatable bonds is 3. The zero-order valence-electron chi connectivity index (χ0n) is 27.5. The predicted molar refractivity (Wildman–Crippen MR) is 194 cm³/mol. The fourth-order valence-electron chi connectivity index (χ4n) is 7.14. The zero-order valence-corrected chi connectivity index (χ0v) is 27.5. The second kappa shape index (κ2) is 12.2. The van der Waals surface area contributed by atoms with Gasteiger partial charge in [0.15, 0.2) is 0 Å². The molecule has 0 bridgehead atoms. The summed E-state index contributed by atoms with van der Waals surface area (Å²) in [5, 5.41) is 62.5. The molecule has 0 fully saturated rings. The Bertz CT molecular complexity index is 3090. The molecule has 2 heterocycles. The van der Waals surface area contributed by atoms with Crippen molar-refractivity contribution in [1.82, 2.24) is 9.13 Å². The molecule has 250 valence electrons. The van der Waals surface area contributed by atoms with Crippen molar-refractivity contribution in [3.63, 3.8) is 0 Å². The minimum Gasteiger partial charge on any atom is -0.309 e. The molecule has 0 saturated heterocycles. The average Bonchev–Trinajstić information content (AvgIpc) is 3.70. The van der Waals surface area contributed by atoms with Crippen LogP contribution < -0.4 is 0 Å². The predicted octanol–water partition coefficient (Wildman–Crippen LogP) is 9.80. The van der Waals surface area contributed by atoms with Crippen LogP contribution in [-0.4, -0.2) is 9.13 Å². The van der Waals surface area contributed by atoms with Gasteiger partial charge >= 0.3 is 6.18 Å². The molecule has 8 nitrogen and oxygen atoms in total. The lowest BCUT2D eigenvalue weighted by molar-refractivity contribution is -0.137. The monoisotopic (exact) mass is 702 g/mol. The fraction of sp³-hybridized carbons (Fsp3) is 0.0233. The first kappa shape index (κ1) is 32.8. The Hall–Kier alpha value is -8.35. The standard InChI is InChI=1S/C43H17F3N8/c44-43(45,46)30-5-6-31(28(15-30)22-51)36-17-41(53-37-7-1-24(18-47)11-32(37)33-12-25(19-48)2-8-38(33)53)29(23-52)16-42(36)54-39-9-3-26(20-49)13-34(39)35-14-27(21-50)4-10-40(35)54/h1-17H. The molecule has 0 amide bonds. The van der Waals surface area contributed by atoms with Crippen molar-refractivity contribution in [3.05, 3.63) is 142 Å². The van der Waals surface area contributed by atoms with Gasteiger partial charge in [0, 0.05) is 32.7 Å². The minimum absolute atomic E-state index is 0.155. The zero-order chi connectivity index (χ0) is 37.9. The van der Waals surface area contributed by atoms with E-state index in [0.717, 1.165) is 12.1 Å². The van der Waals surface area contributed by atoms with Crippen molar-refractivity contribution < 1.29 is 13.2 Å². The molecule has 8 rings (SSSR count). The molecular weight excluding hydrogens is 686 g/mol. The number of hydrogen-bond acceptors (Lipinski definition) is 6. The van der Waals surface area contributed by atoms with Crippen LogP contribution in [0, 0.1) is 68.0 Å². The third kappa shape index (κ3) is 4.95. The molecular formula is C43H17F3N8. The van der Waals surface area contributed by atoms with Crippen LogP contribution in [0.5, 0.6) is 0 Å². The largest absolute Gasteiger partial charge is 0.416 e. The first-order chi connectivity index (χ1) is 26.1. The van der Waals surface area contributed by atoms with Gasteiger partial charge in [-0.2, -0.15) is 44.7 Å². The summed E-state index contributed by atoms with van der Waals surface area (Å²) in [6.45, 7) is 0. The highest BCUT2D eigenvalue weighted by molar-refractivity contribution is 6.12. The number of aromatic nitrogens is 2. The van der Waals surface area contributed by atoms with Gasteiger partial charge in [-0.1, -0.05) is 6.07 Å². The molecule has 0 N–H and O–H groups in total. The van der Waals surface area contributed by atoms with E-state index in [1.165, 1.54) is 6.07 Å². The normalized spacial score (nSPS) is 11.1. The van der Waals surface area contributed by atoms with Crippen molar-refractivity contribution in [2.75, 3.05) is 0 Å². The van der Waals surface area contributed by atoms with E-state index in [0.29, 0.717) is 82.8 Å². The minimum atomic E-state index is -4.72. The van der Waals surface area contributed by atoms with Crippen LogP contribution in [0.15, 0.2) is 103 Å². The van der Waals surface area contributed by atoms with Gasteiger partial charge in [0.2, 0.25) is 0 Å². The number of nitrogens with zero attached hydrogens (tertiary/aromatic N) is 8. The quantitative estimate of drug-likeness (QED) is 0.179. The third-order valence-electron chi connectivity index (χ3n) is 9.52. The summed E-state index contributed by atoms with van der Waals surface area (Å²) < 4.78 is 45.4. The number of alkyl halides is 3. The number of hydrogen-bond donors (Lipinski definition) is 0. The van der Waals surface area contributed by atoms with Gasteiger partial charge in [-0.15, -0.1) is 0 Å². The summed E-state index contributed by atoms with van der Waals surface area (Å²) in [5.74, 6) is 0. The Morgan fingerprint density at radius 3 is 1.17 bits per heavy atom. The number of benzene rings is 6. The van der Waals surface area contributed by atoms with Crippen LogP contribution >= 0.6 is 0 Å². The molecule has 8 aromatic rings. The maximum atomic E-state index is 13.9. The summed E-state index contributed by atoms with van der Waals surface area (Å²) in [6.07, 6.45) is -4.72. The molecule has 0 radical (unpaired) electrons. The Labute approximate surface area is 304 Å². The van der Waals surface area contributed by atoms with E-state index in [9.17, 15) is 44.7 Å². The van der Waals surface area contributed by atoms with Crippen LogP contribution in [0.3, 0.4) is 0 Å². The van der Waals surface area contributed by atoms with Crippen molar-refractivity contribution in [2.24, 2.45) is 0 Å². The topological polar surface area (TPSA) is 153 Å². The van der Waals surface area contributed by atoms with Crippen LogP contribution in [0.4, 0.5) is 13.2 Å². The molecule has 0 spiro atoms. The molecule has 2 aromatic heterocycles. The molecule has 0 unspecified atom stereocenters. The summed E-state index contributed by atoms with van der Waals surface area (Å²) in [5.41, 5.74) is 3.81. The summed E-state index contributed by atoms with van der Waals surface area (Å²) in [6, 6.07) is 39.0. The van der Waals surface area contributed by atoms with Crippen molar-refractivity contribution >= 4 is 43.6 Å². The third-order valence-corrected chi connectivity index (χ3v) is 9.52. The van der Waals surface area contributed by atoms with Gasteiger partial charge in [-0.3, -0.25) is 0 Å². The number of nitriles is 6. The highest BCUT2D eigenvalue weighted by Gasteiger charge is 2.32. The molecule has 11 heteroatoms. The first-order valence-electron chi connectivity index (χ1n) is 16.1. The van der Waals surface area contributed by atoms with Gasteiger partial charge in [0.05, 0.1) is 103 Å². The molecule has 0 atom stereocenters. The van der Waals surface area contributed by atoms with Crippen molar-refractivity contribution in [3.8, 4) is 58.9 Å². The van der Waals surface area contributed by atoms with E-state index in [1.807, 2.05) is 6.07 Å². The SMILES string of the molecule is N#Cc1ccc2c(c1)c1cc(C#N)ccc1n2-c1cc(-c2ccc(C(F)(F)F)cc2C#N)c(-n2c3ccc(C#N)cc3c3cc(C#N)ccc32)cc1C#N. The molecule has 6 aromatic carbocycles. The van der Waals surface area contributed by atoms with E-state index in [2.05, 4.69) is 30.3 Å². The lowest BCUT2D eigenvalue weighted by Crippen LogP contribution is -2.07. The van der Waals surface area contributed by atoms with Crippen molar-refractivity contribution in [1.29, 1.82) is 31.6 Å². The molecule has 0 aliphatic rings. The highest BCUT2D eigenvalue weighted by Crippen LogP contribution is 2.43. The maximum absolute atomic E-state index is 13.9. The van der Waals surface area contributed by atoms with Crippen LogP contribution in [0.25, 0.3) is 66.1 Å². The lowest BCUT2D eigenvalue weighted by atomic mass is 9.94. The van der Waals surface area contributed by atoms with Gasteiger partial charge in [0.25, 0.3) is 0 Å². The maximum Gasteiger partial charge on any atom is 0.416 e. The van der Waals surface area contributed by atoms with Crippen molar-refractivity contribution in [2.45, 2.75) is 6.18 Å². The Balaban J connectivity index is 1.55. The van der Waals surface area contributed by atoms with Gasteiger partial charge < -0.3 is 9.13 Å². The number of halogens is 3. The molecule has 0 saturated carbocycles. The van der Waals surface area contributed by atoms with Crippen LogP contribution in [-0.2, 0) is 6.18 Å². The average molecular weight is 703 g/mol. The summed E-state index contributed by atoms with van der Waals surface area (Å²) in [4.78, 5) is 0. The first-order valence-corrected chi connectivity index (χ1v) is 16.1. The van der Waals surface area contributed by atoms with Gasteiger partial charge in [-0.05, 0) is 97.1 Å². The lowest BCUT2D eigenvalue weighted by Gasteiger charge is -2.20. The van der Waals surface area contributed by atoms with Gasteiger partial charge in [0.1, 0.15) is 6.07 Å². The van der Waals surface area contributed by atoms with E-state index in [-0.39, 0.29) is 16.7 Å². The Morgan fingerprint density at radius 2 is 0.796 bits per heavy atom. The van der Waals surface area contributed by atoms with Crippen LogP contribution in [0.2, 0.25) is 0 Å². The second-order valence-electron chi connectivity index (χ2n) is 12.4. The van der Waals surface area contributed by atoms with Crippen LogP contribution in [0.1, 0.15) is 38.9 Å². The smallest absolute Gasteiger partial charge is 0.309 e. The molecule has 0 aliphatic heterocycles. The van der Waals surface area contributed by atoms with E-state index in [4.69, 9.17) is 0 Å². The highest BCUT2D eigenvalue weighted by atomic mass is 19.4. The van der Waals surface area contributed by atoms with E-state index < -0.39 is 11.7 Å². The Morgan fingerprint density at radius 1 is 0.389 bits per heavy atom. The Kier molecular flexibility index (Phi) is 7.39. The number of fused-ring (bicyclic) bond motifs is 6.